The Bertz CT molecular complexity index is 1530. The van der Waals surface area contributed by atoms with E-state index in [-0.39, 0.29) is 31.2 Å². The molecule has 2 atom stereocenters. The lowest BCUT2D eigenvalue weighted by atomic mass is 10.0. The normalized spacial score (nSPS) is 12.1. The molecule has 0 bridgehead atoms. The number of hydrogen-bond donors (Lipinski definition) is 4. The van der Waals surface area contributed by atoms with Crippen LogP contribution in [0.25, 0.3) is 0 Å². The van der Waals surface area contributed by atoms with Crippen LogP contribution < -0.4 is 26.4 Å². The Kier molecular flexibility index (Phi) is 11.6. The number of nitrogens with zero attached hydrogens (tertiary/aromatic N) is 1. The minimum atomic E-state index is -0.950. The highest BCUT2D eigenvalue weighted by molar-refractivity contribution is 5.98. The Morgan fingerprint density at radius 2 is 1.48 bits per heavy atom. The topological polar surface area (TPSA) is 135 Å². The van der Waals surface area contributed by atoms with Crippen LogP contribution in [0.1, 0.15) is 45.1 Å². The van der Waals surface area contributed by atoms with Crippen LogP contribution in [0.15, 0.2) is 97.3 Å². The summed E-state index contributed by atoms with van der Waals surface area (Å²) in [5.74, 6) is -0.493. The Hall–Kier alpha value is -5.02. The number of amides is 3. The highest BCUT2D eigenvalue weighted by atomic mass is 16.5. The molecule has 0 spiro atoms. The molecule has 4 rings (SSSR count). The second-order valence-corrected chi connectivity index (χ2v) is 10.5. The van der Waals surface area contributed by atoms with Crippen LogP contribution in [0, 0.1) is 6.92 Å². The van der Waals surface area contributed by atoms with Crippen molar-refractivity contribution < 1.29 is 19.1 Å². The molecule has 0 fully saturated rings. The number of pyridine rings is 1. The van der Waals surface area contributed by atoms with Gasteiger partial charge < -0.3 is 26.4 Å². The second-order valence-electron chi connectivity index (χ2n) is 10.5. The molecule has 0 aliphatic rings. The maximum absolute atomic E-state index is 13.8. The van der Waals surface area contributed by atoms with Crippen LogP contribution in [-0.2, 0) is 35.5 Å². The number of carbonyl (C=O) groups is 3. The lowest BCUT2D eigenvalue weighted by molar-refractivity contribution is -0.130. The number of aromatic nitrogens is 1. The van der Waals surface area contributed by atoms with Gasteiger partial charge in [0.25, 0.3) is 5.91 Å². The minimum absolute atomic E-state index is 0.213. The first-order valence-corrected chi connectivity index (χ1v) is 14.7. The summed E-state index contributed by atoms with van der Waals surface area (Å²) in [6.07, 6.45) is 3.74. The molecule has 3 amide bonds. The molecule has 5 N–H and O–H groups in total. The third-order valence-corrected chi connectivity index (χ3v) is 7.10. The summed E-state index contributed by atoms with van der Waals surface area (Å²) in [4.78, 5) is 44.7. The smallest absolute Gasteiger partial charge is 0.251 e. The average molecular weight is 594 g/mol. The Morgan fingerprint density at radius 3 is 2.14 bits per heavy atom. The highest BCUT2D eigenvalue weighted by Crippen LogP contribution is 2.15. The fourth-order valence-corrected chi connectivity index (χ4v) is 4.70. The van der Waals surface area contributed by atoms with Crippen molar-refractivity contribution in [3.63, 3.8) is 0 Å². The van der Waals surface area contributed by atoms with E-state index in [2.05, 4.69) is 20.9 Å². The van der Waals surface area contributed by atoms with E-state index in [9.17, 15) is 14.4 Å². The van der Waals surface area contributed by atoms with Gasteiger partial charge in [0.2, 0.25) is 11.8 Å². The van der Waals surface area contributed by atoms with E-state index in [0.29, 0.717) is 24.5 Å². The van der Waals surface area contributed by atoms with Gasteiger partial charge in [-0.25, -0.2) is 0 Å². The van der Waals surface area contributed by atoms with Gasteiger partial charge in [-0.3, -0.25) is 19.4 Å². The first-order chi connectivity index (χ1) is 21.3. The zero-order chi connectivity index (χ0) is 31.3. The maximum atomic E-state index is 13.8. The van der Waals surface area contributed by atoms with Gasteiger partial charge in [-0.05, 0) is 66.4 Å². The summed E-state index contributed by atoms with van der Waals surface area (Å²) >= 11 is 0. The van der Waals surface area contributed by atoms with Crippen LogP contribution in [0.2, 0.25) is 0 Å². The van der Waals surface area contributed by atoms with E-state index < -0.39 is 18.0 Å². The molecule has 44 heavy (non-hydrogen) atoms. The number of carbonyl (C=O) groups excluding carboxylic acids is 3. The molecule has 1 heterocycles. The molecular formula is C35H39N5O4. The summed E-state index contributed by atoms with van der Waals surface area (Å²) in [6, 6.07) is 24.0. The summed E-state index contributed by atoms with van der Waals surface area (Å²) in [5, 5.41) is 8.73. The van der Waals surface area contributed by atoms with E-state index in [0.717, 1.165) is 27.8 Å². The van der Waals surface area contributed by atoms with E-state index in [1.165, 1.54) is 0 Å². The van der Waals surface area contributed by atoms with Crippen molar-refractivity contribution in [1.29, 1.82) is 0 Å². The molecule has 0 radical (unpaired) electrons. The molecule has 3 aromatic carbocycles. The number of hydrogen-bond acceptors (Lipinski definition) is 6. The quantitative estimate of drug-likeness (QED) is 0.176. The molecule has 228 valence electrons. The number of nitrogens with two attached hydrogens (primary N) is 1. The number of nitrogens with one attached hydrogen (secondary N) is 3. The van der Waals surface area contributed by atoms with Crippen LogP contribution in [0.4, 0.5) is 0 Å². The van der Waals surface area contributed by atoms with E-state index >= 15 is 0 Å². The Morgan fingerprint density at radius 1 is 0.795 bits per heavy atom. The largest absolute Gasteiger partial charge is 0.494 e. The second kappa shape index (κ2) is 16.0. The zero-order valence-corrected chi connectivity index (χ0v) is 25.1. The third kappa shape index (κ3) is 9.50. The van der Waals surface area contributed by atoms with Crippen molar-refractivity contribution in [1.82, 2.24) is 20.9 Å². The fraction of sp³-hybridized carbons (Fsp3) is 0.257. The average Bonchev–Trinajstić information content (AvgIpc) is 3.04. The summed E-state index contributed by atoms with van der Waals surface area (Å²) in [6.45, 7) is 5.06. The molecule has 1 aromatic heterocycles. The molecular weight excluding hydrogens is 554 g/mol. The standard InChI is InChI=1S/C35H39N5O4/c1-3-44-30-15-13-25(14-16-30)19-32(39-33(41)29-8-4-6-24(2)18-29)35(43)40-31(20-28-7-5-17-37-22-28)34(42)38-23-27-11-9-26(21-36)10-12-27/h4-18,22,31-32H,3,19-21,23,36H2,1-2H3,(H,38,42)(H,39,41)(H,40,43). The van der Waals surface area contributed by atoms with E-state index in [4.69, 9.17) is 10.5 Å². The van der Waals surface area contributed by atoms with Crippen molar-refractivity contribution in [3.8, 4) is 5.75 Å². The molecule has 2 unspecified atom stereocenters. The number of rotatable bonds is 14. The van der Waals surface area contributed by atoms with Crippen LogP contribution in [-0.4, -0.2) is 41.4 Å². The molecule has 9 nitrogen and oxygen atoms in total. The van der Waals surface area contributed by atoms with Crippen molar-refractivity contribution in [2.24, 2.45) is 5.73 Å². The van der Waals surface area contributed by atoms with Gasteiger partial charge >= 0.3 is 0 Å². The van der Waals surface area contributed by atoms with Gasteiger partial charge in [0.05, 0.1) is 6.61 Å². The summed E-state index contributed by atoms with van der Waals surface area (Å²) in [7, 11) is 0. The predicted molar refractivity (Wildman–Crippen MR) is 170 cm³/mol. The molecule has 0 aliphatic heterocycles. The summed E-state index contributed by atoms with van der Waals surface area (Å²) < 4.78 is 5.54. The Balaban J connectivity index is 1.54. The van der Waals surface area contributed by atoms with Crippen molar-refractivity contribution >= 4 is 17.7 Å². The van der Waals surface area contributed by atoms with E-state index in [1.807, 2.05) is 74.5 Å². The van der Waals surface area contributed by atoms with Gasteiger partial charge in [0.1, 0.15) is 17.8 Å². The van der Waals surface area contributed by atoms with Gasteiger partial charge in [0, 0.05) is 43.9 Å². The number of benzene rings is 3. The van der Waals surface area contributed by atoms with E-state index in [1.54, 1.807) is 36.7 Å². The Labute approximate surface area is 258 Å². The fourth-order valence-electron chi connectivity index (χ4n) is 4.70. The third-order valence-electron chi connectivity index (χ3n) is 7.10. The van der Waals surface area contributed by atoms with Crippen LogP contribution >= 0.6 is 0 Å². The molecule has 9 heteroatoms. The summed E-state index contributed by atoms with van der Waals surface area (Å²) in [5.41, 5.74) is 10.6. The number of ether oxygens (including phenoxy) is 1. The first kappa shape index (κ1) is 31.9. The monoisotopic (exact) mass is 593 g/mol. The van der Waals surface area contributed by atoms with Gasteiger partial charge in [-0.15, -0.1) is 0 Å². The lowest BCUT2D eigenvalue weighted by Crippen LogP contribution is -2.55. The van der Waals surface area contributed by atoms with Crippen LogP contribution in [0.5, 0.6) is 5.75 Å². The zero-order valence-electron chi connectivity index (χ0n) is 25.1. The SMILES string of the molecule is CCOc1ccc(CC(NC(=O)c2cccc(C)c2)C(=O)NC(Cc2cccnc2)C(=O)NCc2ccc(CN)cc2)cc1. The van der Waals surface area contributed by atoms with Crippen LogP contribution in [0.3, 0.4) is 0 Å². The van der Waals surface area contributed by atoms with Gasteiger partial charge in [0.15, 0.2) is 0 Å². The number of aryl methyl sites for hydroxylation is 1. The predicted octanol–water partition coefficient (Wildman–Crippen LogP) is 3.63. The van der Waals surface area contributed by atoms with Gasteiger partial charge in [-0.2, -0.15) is 0 Å². The lowest BCUT2D eigenvalue weighted by Gasteiger charge is -2.24. The molecule has 0 aliphatic carbocycles. The van der Waals surface area contributed by atoms with Crippen molar-refractivity contribution in [2.45, 2.75) is 51.9 Å². The van der Waals surface area contributed by atoms with Crippen molar-refractivity contribution in [3.05, 3.63) is 131 Å². The molecule has 4 aromatic rings. The first-order valence-electron chi connectivity index (χ1n) is 14.7. The highest BCUT2D eigenvalue weighted by Gasteiger charge is 2.28. The maximum Gasteiger partial charge on any atom is 0.251 e. The van der Waals surface area contributed by atoms with Crippen molar-refractivity contribution in [2.75, 3.05) is 6.61 Å². The molecule has 0 saturated heterocycles. The van der Waals surface area contributed by atoms with Gasteiger partial charge in [-0.1, -0.05) is 60.2 Å². The minimum Gasteiger partial charge on any atom is -0.494 e. The molecule has 0 saturated carbocycles.